The molecule has 0 aliphatic carbocycles. The van der Waals surface area contributed by atoms with Crippen molar-refractivity contribution in [3.8, 4) is 0 Å². The lowest BCUT2D eigenvalue weighted by atomic mass is 10.0. The molecule has 0 saturated carbocycles. The number of piperazine rings is 1. The molecule has 1 atom stereocenters. The van der Waals surface area contributed by atoms with Gasteiger partial charge in [-0.2, -0.15) is 0 Å². The molecule has 0 aromatic carbocycles. The number of hydrogen-bond acceptors (Lipinski definition) is 4. The first kappa shape index (κ1) is 11.8. The fourth-order valence-corrected chi connectivity index (χ4v) is 3.18. The molecule has 2 aromatic rings. The molecule has 1 unspecified atom stereocenters. The predicted octanol–water partition coefficient (Wildman–Crippen LogP) is 2.29. The van der Waals surface area contributed by atoms with Gasteiger partial charge in [0.25, 0.3) is 0 Å². The lowest BCUT2D eigenvalue weighted by Gasteiger charge is -2.36. The van der Waals surface area contributed by atoms with Crippen LogP contribution in [0.2, 0.25) is 0 Å². The van der Waals surface area contributed by atoms with Gasteiger partial charge in [0, 0.05) is 49.5 Å². The van der Waals surface area contributed by atoms with Crippen LogP contribution in [0.1, 0.15) is 16.5 Å². The van der Waals surface area contributed by atoms with Crippen molar-refractivity contribution in [1.29, 1.82) is 0 Å². The highest BCUT2D eigenvalue weighted by Crippen LogP contribution is 2.24. The van der Waals surface area contributed by atoms with E-state index >= 15 is 0 Å². The van der Waals surface area contributed by atoms with Gasteiger partial charge in [-0.25, -0.2) is 0 Å². The van der Waals surface area contributed by atoms with E-state index in [1.54, 1.807) is 0 Å². The molecular formula is C14H17N3S. The Hall–Kier alpha value is -1.23. The lowest BCUT2D eigenvalue weighted by molar-refractivity contribution is 0.155. The molecular weight excluding hydrogens is 242 g/mol. The van der Waals surface area contributed by atoms with Gasteiger partial charge in [0.1, 0.15) is 0 Å². The zero-order valence-electron chi connectivity index (χ0n) is 10.2. The van der Waals surface area contributed by atoms with Crippen molar-refractivity contribution in [2.45, 2.75) is 12.6 Å². The van der Waals surface area contributed by atoms with Crippen molar-refractivity contribution < 1.29 is 0 Å². The highest BCUT2D eigenvalue weighted by molar-refractivity contribution is 7.09. The molecule has 3 heterocycles. The molecule has 18 heavy (non-hydrogen) atoms. The Morgan fingerprint density at radius 1 is 1.33 bits per heavy atom. The smallest absolute Gasteiger partial charge is 0.0478 e. The van der Waals surface area contributed by atoms with E-state index in [1.807, 2.05) is 23.7 Å². The molecule has 1 N–H and O–H groups in total. The second kappa shape index (κ2) is 5.61. The summed E-state index contributed by atoms with van der Waals surface area (Å²) in [5.41, 5.74) is 1.36. The Kier molecular flexibility index (Phi) is 3.69. The molecule has 0 radical (unpaired) electrons. The molecule has 94 valence electrons. The van der Waals surface area contributed by atoms with E-state index in [1.165, 1.54) is 10.4 Å². The van der Waals surface area contributed by atoms with Crippen molar-refractivity contribution in [1.82, 2.24) is 15.2 Å². The average molecular weight is 259 g/mol. The van der Waals surface area contributed by atoms with Crippen LogP contribution in [0, 0.1) is 0 Å². The van der Waals surface area contributed by atoms with Gasteiger partial charge in [-0.1, -0.05) is 6.07 Å². The highest BCUT2D eigenvalue weighted by atomic mass is 32.1. The van der Waals surface area contributed by atoms with Gasteiger partial charge in [-0.15, -0.1) is 11.3 Å². The van der Waals surface area contributed by atoms with Crippen LogP contribution < -0.4 is 5.32 Å². The summed E-state index contributed by atoms with van der Waals surface area (Å²) in [6, 6.07) is 9.06. The monoisotopic (exact) mass is 259 g/mol. The minimum Gasteiger partial charge on any atom is -0.314 e. The van der Waals surface area contributed by atoms with Gasteiger partial charge < -0.3 is 5.32 Å². The molecule has 0 spiro atoms. The second-order valence-corrected chi connectivity index (χ2v) is 5.58. The minimum absolute atomic E-state index is 0.462. The standard InChI is InChI=1S/C14H17N3S/c1-2-13(18-9-1)11-17-8-7-16-10-14(17)12-3-5-15-6-4-12/h1-6,9,14,16H,7-8,10-11H2. The Labute approximate surface area is 111 Å². The summed E-state index contributed by atoms with van der Waals surface area (Å²) in [7, 11) is 0. The van der Waals surface area contributed by atoms with Gasteiger partial charge in [0.2, 0.25) is 0 Å². The summed E-state index contributed by atoms with van der Waals surface area (Å²) in [5.74, 6) is 0. The number of hydrogen-bond donors (Lipinski definition) is 1. The normalized spacial score (nSPS) is 21.0. The van der Waals surface area contributed by atoms with Gasteiger partial charge >= 0.3 is 0 Å². The van der Waals surface area contributed by atoms with Crippen LogP contribution in [-0.4, -0.2) is 29.5 Å². The summed E-state index contributed by atoms with van der Waals surface area (Å²) in [5, 5.41) is 5.64. The van der Waals surface area contributed by atoms with Crippen molar-refractivity contribution in [2.75, 3.05) is 19.6 Å². The third-order valence-corrected chi connectivity index (χ3v) is 4.25. The topological polar surface area (TPSA) is 28.2 Å². The van der Waals surface area contributed by atoms with E-state index in [4.69, 9.17) is 0 Å². The number of aromatic nitrogens is 1. The van der Waals surface area contributed by atoms with Crippen molar-refractivity contribution in [3.63, 3.8) is 0 Å². The number of nitrogens with zero attached hydrogens (tertiary/aromatic N) is 2. The fraction of sp³-hybridized carbons (Fsp3) is 0.357. The number of rotatable bonds is 3. The summed E-state index contributed by atoms with van der Waals surface area (Å²) in [4.78, 5) is 8.10. The largest absolute Gasteiger partial charge is 0.314 e. The molecule has 1 aliphatic rings. The molecule has 1 aliphatic heterocycles. The minimum atomic E-state index is 0.462. The summed E-state index contributed by atoms with van der Waals surface area (Å²) in [6.45, 7) is 4.25. The van der Waals surface area contributed by atoms with Gasteiger partial charge in [-0.05, 0) is 29.1 Å². The molecule has 0 bridgehead atoms. The van der Waals surface area contributed by atoms with E-state index in [-0.39, 0.29) is 0 Å². The Bertz CT molecular complexity index is 469. The maximum Gasteiger partial charge on any atom is 0.0478 e. The van der Waals surface area contributed by atoms with Crippen molar-refractivity contribution >= 4 is 11.3 Å². The number of thiophene rings is 1. The molecule has 1 saturated heterocycles. The van der Waals surface area contributed by atoms with E-state index < -0.39 is 0 Å². The first-order chi connectivity index (χ1) is 8.93. The van der Waals surface area contributed by atoms with Crippen LogP contribution in [0.3, 0.4) is 0 Å². The van der Waals surface area contributed by atoms with Crippen LogP contribution in [0.4, 0.5) is 0 Å². The first-order valence-electron chi connectivity index (χ1n) is 6.30. The zero-order valence-corrected chi connectivity index (χ0v) is 11.1. The van der Waals surface area contributed by atoms with Gasteiger partial charge in [0.15, 0.2) is 0 Å². The van der Waals surface area contributed by atoms with E-state index in [2.05, 4.69) is 44.8 Å². The molecule has 1 fully saturated rings. The molecule has 3 rings (SSSR count). The van der Waals surface area contributed by atoms with Crippen LogP contribution >= 0.6 is 11.3 Å². The third-order valence-electron chi connectivity index (χ3n) is 3.38. The van der Waals surface area contributed by atoms with Crippen LogP contribution in [0.5, 0.6) is 0 Å². The maximum absolute atomic E-state index is 4.10. The zero-order chi connectivity index (χ0) is 12.2. The van der Waals surface area contributed by atoms with Crippen molar-refractivity contribution in [3.05, 3.63) is 52.5 Å². The quantitative estimate of drug-likeness (QED) is 0.916. The number of nitrogens with one attached hydrogen (secondary N) is 1. The molecule has 0 amide bonds. The Morgan fingerprint density at radius 2 is 2.22 bits per heavy atom. The summed E-state index contributed by atoms with van der Waals surface area (Å²) in [6.07, 6.45) is 3.76. The average Bonchev–Trinajstić information content (AvgIpc) is 2.93. The van der Waals surface area contributed by atoms with E-state index in [9.17, 15) is 0 Å². The first-order valence-corrected chi connectivity index (χ1v) is 7.18. The SMILES string of the molecule is c1csc(CN2CCNCC2c2ccncc2)c1. The lowest BCUT2D eigenvalue weighted by Crippen LogP contribution is -2.45. The Balaban J connectivity index is 1.78. The summed E-state index contributed by atoms with van der Waals surface area (Å²) >= 11 is 1.84. The maximum atomic E-state index is 4.10. The fourth-order valence-electron chi connectivity index (χ4n) is 2.45. The molecule has 4 heteroatoms. The molecule has 2 aromatic heterocycles. The van der Waals surface area contributed by atoms with Crippen LogP contribution in [-0.2, 0) is 6.54 Å². The summed E-state index contributed by atoms with van der Waals surface area (Å²) < 4.78 is 0. The van der Waals surface area contributed by atoms with Crippen molar-refractivity contribution in [2.24, 2.45) is 0 Å². The Morgan fingerprint density at radius 3 is 3.00 bits per heavy atom. The highest BCUT2D eigenvalue weighted by Gasteiger charge is 2.23. The van der Waals surface area contributed by atoms with Crippen LogP contribution in [0.25, 0.3) is 0 Å². The van der Waals surface area contributed by atoms with E-state index in [0.29, 0.717) is 6.04 Å². The van der Waals surface area contributed by atoms with Gasteiger partial charge in [0.05, 0.1) is 0 Å². The second-order valence-electron chi connectivity index (χ2n) is 4.55. The van der Waals surface area contributed by atoms with Gasteiger partial charge in [-0.3, -0.25) is 9.88 Å². The van der Waals surface area contributed by atoms with Crippen LogP contribution in [0.15, 0.2) is 42.0 Å². The van der Waals surface area contributed by atoms with E-state index in [0.717, 1.165) is 26.2 Å². The number of pyridine rings is 1. The third kappa shape index (κ3) is 2.61. The molecule has 3 nitrogen and oxygen atoms in total. The predicted molar refractivity (Wildman–Crippen MR) is 74.6 cm³/mol.